The Morgan fingerprint density at radius 1 is 1.10 bits per heavy atom. The fourth-order valence-corrected chi connectivity index (χ4v) is 4.59. The Morgan fingerprint density at radius 3 is 2.38 bits per heavy atom. The second-order valence-corrected chi connectivity index (χ2v) is 7.66. The second-order valence-electron chi connectivity index (χ2n) is 7.66. The van der Waals surface area contributed by atoms with Gasteiger partial charge in [0.05, 0.1) is 24.6 Å². The maximum atomic E-state index is 13.4. The van der Waals surface area contributed by atoms with Gasteiger partial charge in [-0.25, -0.2) is 9.29 Å². The molecule has 0 aromatic heterocycles. The van der Waals surface area contributed by atoms with Crippen LogP contribution in [-0.2, 0) is 19.1 Å². The first-order valence-corrected chi connectivity index (χ1v) is 9.34. The number of esters is 1. The molecule has 0 radical (unpaired) electrons. The van der Waals surface area contributed by atoms with Gasteiger partial charge in [-0.1, -0.05) is 24.3 Å². The summed E-state index contributed by atoms with van der Waals surface area (Å²) in [5.74, 6) is -3.70. The zero-order valence-corrected chi connectivity index (χ0v) is 16.3. The van der Waals surface area contributed by atoms with E-state index in [1.54, 1.807) is 6.92 Å². The number of hydrogen-bond acceptors (Lipinski definition) is 5. The number of aryl methyl sites for hydroxylation is 1. The average molecular weight is 396 g/mol. The minimum atomic E-state index is -1.37. The lowest BCUT2D eigenvalue weighted by molar-refractivity contribution is -0.151. The highest BCUT2D eigenvalue weighted by atomic mass is 19.1. The molecule has 2 heterocycles. The van der Waals surface area contributed by atoms with Gasteiger partial charge in [0.2, 0.25) is 11.8 Å². The molecule has 2 aromatic carbocycles. The number of nitrogens with zero attached hydrogens (tertiary/aromatic N) is 1. The molecule has 2 aliphatic rings. The monoisotopic (exact) mass is 396 g/mol. The molecule has 29 heavy (non-hydrogen) atoms. The van der Waals surface area contributed by atoms with E-state index in [1.807, 2.05) is 31.2 Å². The summed E-state index contributed by atoms with van der Waals surface area (Å²) in [6.45, 7) is 3.51. The number of imide groups is 1. The summed E-state index contributed by atoms with van der Waals surface area (Å²) < 4.78 is 18.3. The lowest BCUT2D eigenvalue weighted by atomic mass is 9.80. The van der Waals surface area contributed by atoms with Crippen LogP contribution in [0.25, 0.3) is 0 Å². The number of hydrogen-bond donors (Lipinski definition) is 1. The maximum absolute atomic E-state index is 13.4. The number of fused-ring (bicyclic) bond motifs is 1. The predicted molar refractivity (Wildman–Crippen MR) is 103 cm³/mol. The van der Waals surface area contributed by atoms with E-state index in [2.05, 4.69) is 5.32 Å². The first kappa shape index (κ1) is 19.3. The van der Waals surface area contributed by atoms with Gasteiger partial charge in [0, 0.05) is 6.04 Å². The molecule has 4 atom stereocenters. The largest absolute Gasteiger partial charge is 0.468 e. The third-order valence-electron chi connectivity index (χ3n) is 6.01. The van der Waals surface area contributed by atoms with Crippen LogP contribution < -0.4 is 10.2 Å². The van der Waals surface area contributed by atoms with E-state index in [9.17, 15) is 18.8 Å². The van der Waals surface area contributed by atoms with Crippen molar-refractivity contribution >= 4 is 23.5 Å². The van der Waals surface area contributed by atoms with E-state index in [0.717, 1.165) is 16.0 Å². The van der Waals surface area contributed by atoms with Gasteiger partial charge >= 0.3 is 5.97 Å². The minimum Gasteiger partial charge on any atom is -0.468 e. The Balaban J connectivity index is 1.84. The van der Waals surface area contributed by atoms with Gasteiger partial charge in [0.15, 0.2) is 0 Å². The molecule has 0 aliphatic carbocycles. The molecule has 0 saturated carbocycles. The smallest absolute Gasteiger partial charge is 0.326 e. The number of ether oxygens (including phenoxy) is 1. The summed E-state index contributed by atoms with van der Waals surface area (Å²) in [7, 11) is 1.25. The lowest BCUT2D eigenvalue weighted by Gasteiger charge is -2.29. The Labute approximate surface area is 167 Å². The molecular weight excluding hydrogens is 375 g/mol. The van der Waals surface area contributed by atoms with Crippen LogP contribution in [0, 0.1) is 24.6 Å². The number of amides is 2. The van der Waals surface area contributed by atoms with Gasteiger partial charge in [-0.3, -0.25) is 19.7 Å². The number of methoxy groups -OCH3 is 1. The van der Waals surface area contributed by atoms with Gasteiger partial charge in [-0.15, -0.1) is 0 Å². The quantitative estimate of drug-likeness (QED) is 0.637. The number of nitrogens with one attached hydrogen (secondary N) is 1. The molecule has 2 fully saturated rings. The molecule has 0 bridgehead atoms. The van der Waals surface area contributed by atoms with Crippen LogP contribution in [0.3, 0.4) is 0 Å². The van der Waals surface area contributed by atoms with E-state index < -0.39 is 47.0 Å². The van der Waals surface area contributed by atoms with E-state index in [0.29, 0.717) is 0 Å². The van der Waals surface area contributed by atoms with Crippen molar-refractivity contribution in [3.05, 3.63) is 65.5 Å². The van der Waals surface area contributed by atoms with Crippen molar-refractivity contribution in [3.8, 4) is 0 Å². The first-order chi connectivity index (χ1) is 13.8. The van der Waals surface area contributed by atoms with Crippen molar-refractivity contribution in [1.29, 1.82) is 0 Å². The predicted octanol–water partition coefficient (Wildman–Crippen LogP) is 2.52. The molecule has 2 saturated heterocycles. The molecule has 2 amide bonds. The lowest BCUT2D eigenvalue weighted by Crippen LogP contribution is -2.54. The van der Waals surface area contributed by atoms with Gasteiger partial charge in [-0.05, 0) is 49.2 Å². The highest BCUT2D eigenvalue weighted by Gasteiger charge is 2.67. The van der Waals surface area contributed by atoms with Crippen LogP contribution in [0.15, 0.2) is 48.5 Å². The Bertz CT molecular complexity index is 1010. The van der Waals surface area contributed by atoms with Crippen molar-refractivity contribution in [2.75, 3.05) is 12.0 Å². The van der Waals surface area contributed by atoms with Gasteiger partial charge in [0.1, 0.15) is 11.4 Å². The van der Waals surface area contributed by atoms with Crippen molar-refractivity contribution in [1.82, 2.24) is 5.32 Å². The summed E-state index contributed by atoms with van der Waals surface area (Å²) in [5, 5.41) is 3.22. The average Bonchev–Trinajstić information content (AvgIpc) is 3.16. The molecule has 0 spiro atoms. The number of anilines is 1. The first-order valence-electron chi connectivity index (χ1n) is 9.34. The molecule has 2 aromatic rings. The van der Waals surface area contributed by atoms with Crippen molar-refractivity contribution < 1.29 is 23.5 Å². The van der Waals surface area contributed by atoms with E-state index in [4.69, 9.17) is 4.74 Å². The standard InChI is InChI=1S/C22H21FN2O4/c1-12-6-4-5-7-15(12)18-16-17(22(2,24-18)21(28)29-3)20(27)25(19(16)26)14-10-8-13(23)9-11-14/h4-11,16-18,24H,1-3H3/t16-,17-,18-,22-/m0/s1. The van der Waals surface area contributed by atoms with Crippen LogP contribution in [0.1, 0.15) is 24.1 Å². The number of halogens is 1. The highest BCUT2D eigenvalue weighted by molar-refractivity contribution is 6.24. The van der Waals surface area contributed by atoms with Gasteiger partial charge in [-0.2, -0.15) is 0 Å². The maximum Gasteiger partial charge on any atom is 0.326 e. The number of carbonyl (C=O) groups excluding carboxylic acids is 3. The van der Waals surface area contributed by atoms with Crippen molar-refractivity contribution in [3.63, 3.8) is 0 Å². The molecular formula is C22H21FN2O4. The van der Waals surface area contributed by atoms with Crippen molar-refractivity contribution in [2.45, 2.75) is 25.4 Å². The van der Waals surface area contributed by atoms with Crippen molar-refractivity contribution in [2.24, 2.45) is 11.8 Å². The van der Waals surface area contributed by atoms with Crippen LogP contribution >= 0.6 is 0 Å². The molecule has 7 heteroatoms. The fraction of sp³-hybridized carbons (Fsp3) is 0.318. The number of carbonyl (C=O) groups is 3. The van der Waals surface area contributed by atoms with E-state index >= 15 is 0 Å². The Kier molecular flexibility index (Phi) is 4.50. The molecule has 150 valence electrons. The molecule has 1 N–H and O–H groups in total. The Hall–Kier alpha value is -3.06. The zero-order valence-electron chi connectivity index (χ0n) is 16.3. The second kappa shape index (κ2) is 6.77. The molecule has 2 aliphatic heterocycles. The van der Waals surface area contributed by atoms with E-state index in [1.165, 1.54) is 31.4 Å². The van der Waals surface area contributed by atoms with E-state index in [-0.39, 0.29) is 5.69 Å². The zero-order chi connectivity index (χ0) is 20.9. The van der Waals surface area contributed by atoms with Gasteiger partial charge in [0.25, 0.3) is 0 Å². The van der Waals surface area contributed by atoms with Gasteiger partial charge < -0.3 is 4.74 Å². The topological polar surface area (TPSA) is 75.7 Å². The fourth-order valence-electron chi connectivity index (χ4n) is 4.59. The van der Waals surface area contributed by atoms with Crippen LogP contribution in [-0.4, -0.2) is 30.4 Å². The molecule has 6 nitrogen and oxygen atoms in total. The number of benzene rings is 2. The minimum absolute atomic E-state index is 0.284. The number of rotatable bonds is 3. The van der Waals surface area contributed by atoms with Crippen LogP contribution in [0.2, 0.25) is 0 Å². The molecule has 0 unspecified atom stereocenters. The third-order valence-corrected chi connectivity index (χ3v) is 6.01. The van der Waals surface area contributed by atoms with Crippen LogP contribution in [0.4, 0.5) is 10.1 Å². The Morgan fingerprint density at radius 2 is 1.76 bits per heavy atom. The third kappa shape index (κ3) is 2.76. The SMILES string of the molecule is COC(=O)[C@@]1(C)N[C@@H](c2ccccc2C)[C@H]2C(=O)N(c3ccc(F)cc3)C(=O)[C@H]21. The summed E-state index contributed by atoms with van der Waals surface area (Å²) in [6, 6.07) is 12.2. The summed E-state index contributed by atoms with van der Waals surface area (Å²) >= 11 is 0. The highest BCUT2D eigenvalue weighted by Crippen LogP contribution is 2.50. The van der Waals surface area contributed by atoms with Crippen LogP contribution in [0.5, 0.6) is 0 Å². The molecule has 4 rings (SSSR count). The normalized spacial score (nSPS) is 28.6. The summed E-state index contributed by atoms with van der Waals surface area (Å²) in [4.78, 5) is 40.5. The summed E-state index contributed by atoms with van der Waals surface area (Å²) in [5.41, 5.74) is 0.704. The summed E-state index contributed by atoms with van der Waals surface area (Å²) in [6.07, 6.45) is 0.